The van der Waals surface area contributed by atoms with E-state index in [4.69, 9.17) is 4.74 Å². The summed E-state index contributed by atoms with van der Waals surface area (Å²) in [5.41, 5.74) is 5.24. The topological polar surface area (TPSA) is 58.2 Å². The Morgan fingerprint density at radius 1 is 1.19 bits per heavy atom. The van der Waals surface area contributed by atoms with Crippen LogP contribution in [0.5, 0.6) is 5.75 Å². The molecule has 0 aliphatic carbocycles. The summed E-state index contributed by atoms with van der Waals surface area (Å²) in [5, 5.41) is 0. The Morgan fingerprint density at radius 3 is 2.96 bits per heavy atom. The number of benzene rings is 2. The maximum Gasteiger partial charge on any atom is 0.260 e. The van der Waals surface area contributed by atoms with Crippen LogP contribution in [0, 0.1) is 0 Å². The molecule has 136 valence electrons. The van der Waals surface area contributed by atoms with Crippen LogP contribution in [0.25, 0.3) is 22.2 Å². The third-order valence-electron chi connectivity index (χ3n) is 5.00. The molecule has 5 rings (SSSR count). The smallest absolute Gasteiger partial charge is 0.260 e. The number of thioether (sulfide) groups is 1. The summed E-state index contributed by atoms with van der Waals surface area (Å²) in [4.78, 5) is 23.0. The van der Waals surface area contributed by atoms with Crippen LogP contribution in [-0.4, -0.2) is 39.7 Å². The van der Waals surface area contributed by atoms with E-state index in [1.165, 1.54) is 0 Å². The predicted molar refractivity (Wildman–Crippen MR) is 108 cm³/mol. The highest BCUT2D eigenvalue weighted by Gasteiger charge is 2.24. The fraction of sp³-hybridized carbons (Fsp3) is 0.238. The van der Waals surface area contributed by atoms with Gasteiger partial charge in [0, 0.05) is 17.9 Å². The van der Waals surface area contributed by atoms with Crippen molar-refractivity contribution in [2.24, 2.45) is 0 Å². The van der Waals surface area contributed by atoms with Crippen molar-refractivity contribution in [3.63, 3.8) is 0 Å². The summed E-state index contributed by atoms with van der Waals surface area (Å²) < 4.78 is 5.90. The molecule has 0 atom stereocenters. The van der Waals surface area contributed by atoms with Gasteiger partial charge in [-0.25, -0.2) is 4.98 Å². The number of carbonyl (C=O) groups is 1. The van der Waals surface area contributed by atoms with Crippen molar-refractivity contribution >= 4 is 28.7 Å². The van der Waals surface area contributed by atoms with Crippen LogP contribution in [-0.2, 0) is 11.3 Å². The quantitative estimate of drug-likeness (QED) is 0.734. The molecule has 2 aliphatic rings. The van der Waals surface area contributed by atoms with Crippen LogP contribution in [0.2, 0.25) is 0 Å². The Balaban J connectivity index is 1.47. The number of amides is 1. The number of carbonyl (C=O) groups excluding carboxylic acids is 1. The standard InChI is InChI=1S/C21H19N3O2S/c25-21(20-2-1-9-27-20)24-7-8-26-19-6-4-14(10-16(19)12-24)15-3-5-17-18(11-15)23-13-22-17/h2-6,10-11,13H,1,7-9,12H2,(H,22,23). The zero-order valence-corrected chi connectivity index (χ0v) is 15.6. The largest absolute Gasteiger partial charge is 0.491 e. The average molecular weight is 377 g/mol. The first-order chi connectivity index (χ1) is 13.3. The minimum absolute atomic E-state index is 0.123. The molecule has 2 aromatic carbocycles. The summed E-state index contributed by atoms with van der Waals surface area (Å²) in [6, 6.07) is 12.4. The fourth-order valence-electron chi connectivity index (χ4n) is 3.59. The van der Waals surface area contributed by atoms with E-state index in [9.17, 15) is 4.79 Å². The number of aromatic nitrogens is 2. The zero-order chi connectivity index (χ0) is 18.2. The summed E-state index contributed by atoms with van der Waals surface area (Å²) in [6.07, 6.45) is 4.74. The Bertz CT molecular complexity index is 1060. The van der Waals surface area contributed by atoms with Gasteiger partial charge in [-0.2, -0.15) is 0 Å². The lowest BCUT2D eigenvalue weighted by Crippen LogP contribution is -2.32. The van der Waals surface area contributed by atoms with Crippen LogP contribution < -0.4 is 4.74 Å². The number of nitrogens with zero attached hydrogens (tertiary/aromatic N) is 2. The lowest BCUT2D eigenvalue weighted by Gasteiger charge is -2.20. The predicted octanol–water partition coefficient (Wildman–Crippen LogP) is 3.97. The van der Waals surface area contributed by atoms with Crippen molar-refractivity contribution in [3.8, 4) is 16.9 Å². The third kappa shape index (κ3) is 3.10. The second kappa shape index (κ2) is 6.78. The second-order valence-electron chi connectivity index (χ2n) is 6.74. The van der Waals surface area contributed by atoms with Crippen molar-refractivity contribution in [1.82, 2.24) is 14.9 Å². The number of imidazole rings is 1. The molecular weight excluding hydrogens is 358 g/mol. The average Bonchev–Trinajstić information content (AvgIpc) is 3.34. The molecule has 27 heavy (non-hydrogen) atoms. The number of fused-ring (bicyclic) bond motifs is 2. The number of nitrogens with one attached hydrogen (secondary N) is 1. The summed E-state index contributed by atoms with van der Waals surface area (Å²) >= 11 is 1.65. The first-order valence-electron chi connectivity index (χ1n) is 9.09. The minimum atomic E-state index is 0.123. The van der Waals surface area contributed by atoms with Gasteiger partial charge in [0.05, 0.1) is 28.8 Å². The molecule has 0 bridgehead atoms. The van der Waals surface area contributed by atoms with Gasteiger partial charge < -0.3 is 14.6 Å². The van der Waals surface area contributed by atoms with Gasteiger partial charge in [0.1, 0.15) is 12.4 Å². The Hall–Kier alpha value is -2.73. The maximum absolute atomic E-state index is 12.8. The number of rotatable bonds is 2. The van der Waals surface area contributed by atoms with Crippen molar-refractivity contribution in [2.75, 3.05) is 18.9 Å². The molecule has 3 heterocycles. The van der Waals surface area contributed by atoms with Crippen molar-refractivity contribution in [2.45, 2.75) is 13.0 Å². The van der Waals surface area contributed by atoms with E-state index < -0.39 is 0 Å². The molecule has 0 fully saturated rings. The van der Waals surface area contributed by atoms with Crippen LogP contribution in [0.1, 0.15) is 12.0 Å². The molecule has 2 aliphatic heterocycles. The lowest BCUT2D eigenvalue weighted by molar-refractivity contribution is -0.127. The van der Waals surface area contributed by atoms with E-state index in [-0.39, 0.29) is 5.91 Å². The molecule has 0 radical (unpaired) electrons. The highest BCUT2D eigenvalue weighted by atomic mass is 32.2. The number of hydrogen-bond donors (Lipinski definition) is 1. The second-order valence-corrected chi connectivity index (χ2v) is 7.87. The van der Waals surface area contributed by atoms with Gasteiger partial charge in [0.25, 0.3) is 5.91 Å². The molecule has 1 amide bonds. The van der Waals surface area contributed by atoms with E-state index in [2.05, 4.69) is 40.3 Å². The van der Waals surface area contributed by atoms with Crippen molar-refractivity contribution in [3.05, 3.63) is 59.3 Å². The molecular formula is C21H19N3O2S. The molecule has 0 saturated carbocycles. The van der Waals surface area contributed by atoms with Crippen molar-refractivity contribution in [1.29, 1.82) is 0 Å². The molecule has 6 heteroatoms. The molecule has 1 aromatic heterocycles. The van der Waals surface area contributed by atoms with Gasteiger partial charge in [-0.05, 0) is 41.8 Å². The highest BCUT2D eigenvalue weighted by Crippen LogP contribution is 2.32. The van der Waals surface area contributed by atoms with E-state index in [1.807, 2.05) is 17.0 Å². The van der Waals surface area contributed by atoms with Gasteiger partial charge in [0.2, 0.25) is 0 Å². The Morgan fingerprint density at radius 2 is 2.07 bits per heavy atom. The van der Waals surface area contributed by atoms with Crippen LogP contribution in [0.4, 0.5) is 0 Å². The molecule has 1 N–H and O–H groups in total. The van der Waals surface area contributed by atoms with Gasteiger partial charge >= 0.3 is 0 Å². The van der Waals surface area contributed by atoms with Gasteiger partial charge in [-0.1, -0.05) is 18.2 Å². The normalized spacial score (nSPS) is 16.6. The third-order valence-corrected chi connectivity index (χ3v) is 6.09. The first-order valence-corrected chi connectivity index (χ1v) is 10.1. The first kappa shape index (κ1) is 16.4. The number of ether oxygens (including phenoxy) is 1. The molecule has 5 nitrogen and oxygen atoms in total. The Kier molecular flexibility index (Phi) is 4.13. The van der Waals surface area contributed by atoms with Crippen LogP contribution in [0.15, 0.2) is 53.7 Å². The number of hydrogen-bond acceptors (Lipinski definition) is 4. The lowest BCUT2D eigenvalue weighted by atomic mass is 10.0. The Labute approximate surface area is 161 Å². The molecule has 0 spiro atoms. The molecule has 0 saturated heterocycles. The zero-order valence-electron chi connectivity index (χ0n) is 14.8. The SMILES string of the molecule is O=C(C1=CCCS1)N1CCOc2ccc(-c3ccc4nc[nH]c4c3)cc2C1. The number of aromatic amines is 1. The summed E-state index contributed by atoms with van der Waals surface area (Å²) in [6.45, 7) is 1.71. The minimum Gasteiger partial charge on any atom is -0.491 e. The number of allylic oxidation sites excluding steroid dienone is 1. The van der Waals surface area contributed by atoms with Crippen molar-refractivity contribution < 1.29 is 9.53 Å². The van der Waals surface area contributed by atoms with E-state index in [0.717, 1.165) is 50.6 Å². The highest BCUT2D eigenvalue weighted by molar-refractivity contribution is 8.04. The molecule has 3 aromatic rings. The summed E-state index contributed by atoms with van der Waals surface area (Å²) in [5.74, 6) is 1.99. The van der Waals surface area contributed by atoms with Crippen LogP contribution >= 0.6 is 11.8 Å². The van der Waals surface area contributed by atoms with E-state index in [0.29, 0.717) is 19.7 Å². The van der Waals surface area contributed by atoms with Gasteiger partial charge in [0.15, 0.2) is 0 Å². The maximum atomic E-state index is 12.8. The molecule has 0 unspecified atom stereocenters. The fourth-order valence-corrected chi connectivity index (χ4v) is 4.53. The van der Waals surface area contributed by atoms with Gasteiger partial charge in [-0.3, -0.25) is 4.79 Å². The van der Waals surface area contributed by atoms with Gasteiger partial charge in [-0.15, -0.1) is 11.8 Å². The summed E-state index contributed by atoms with van der Waals surface area (Å²) in [7, 11) is 0. The van der Waals surface area contributed by atoms with Crippen LogP contribution in [0.3, 0.4) is 0 Å². The number of H-pyrrole nitrogens is 1. The van der Waals surface area contributed by atoms with E-state index in [1.54, 1.807) is 18.1 Å². The monoisotopic (exact) mass is 377 g/mol. The van der Waals surface area contributed by atoms with E-state index >= 15 is 0 Å².